The SMILES string of the molecule is CC(C)N1CCC(NC(=O)[C@H]2[C@@H](C(=O)O)[C@H]3C=C[C@H]2O3)CC1. The van der Waals surface area contributed by atoms with E-state index in [-0.39, 0.29) is 18.1 Å². The van der Waals surface area contributed by atoms with E-state index in [0.717, 1.165) is 25.9 Å². The molecule has 6 heteroatoms. The van der Waals surface area contributed by atoms with Gasteiger partial charge in [-0.3, -0.25) is 9.59 Å². The molecule has 0 aromatic carbocycles. The van der Waals surface area contributed by atoms with Crippen molar-refractivity contribution in [2.75, 3.05) is 13.1 Å². The number of likely N-dealkylation sites (tertiary alicyclic amines) is 1. The molecular formula is C16H24N2O4. The third kappa shape index (κ3) is 2.77. The Kier molecular flexibility index (Phi) is 4.23. The van der Waals surface area contributed by atoms with Crippen molar-refractivity contribution in [2.24, 2.45) is 11.8 Å². The number of carbonyl (C=O) groups is 2. The normalized spacial score (nSPS) is 35.2. The van der Waals surface area contributed by atoms with E-state index in [1.165, 1.54) is 0 Å². The van der Waals surface area contributed by atoms with Crippen LogP contribution in [0.1, 0.15) is 26.7 Å². The summed E-state index contributed by atoms with van der Waals surface area (Å²) in [6, 6.07) is 0.664. The molecule has 1 amide bonds. The number of fused-ring (bicyclic) bond motifs is 2. The van der Waals surface area contributed by atoms with Crippen LogP contribution in [0.3, 0.4) is 0 Å². The van der Waals surface area contributed by atoms with Gasteiger partial charge >= 0.3 is 5.97 Å². The van der Waals surface area contributed by atoms with Crippen molar-refractivity contribution in [1.29, 1.82) is 0 Å². The minimum Gasteiger partial charge on any atom is -0.481 e. The number of aliphatic carboxylic acids is 1. The molecule has 0 unspecified atom stereocenters. The van der Waals surface area contributed by atoms with Gasteiger partial charge in [0.2, 0.25) is 5.91 Å². The van der Waals surface area contributed by atoms with Gasteiger partial charge < -0.3 is 20.1 Å². The Morgan fingerprint density at radius 2 is 1.77 bits per heavy atom. The summed E-state index contributed by atoms with van der Waals surface area (Å²) in [6.07, 6.45) is 4.56. The van der Waals surface area contributed by atoms with E-state index in [1.807, 2.05) is 6.08 Å². The molecule has 3 aliphatic heterocycles. The molecule has 0 aromatic rings. The fraction of sp³-hybridized carbons (Fsp3) is 0.750. The fourth-order valence-electron chi connectivity index (χ4n) is 3.77. The second-order valence-corrected chi connectivity index (χ2v) is 6.75. The van der Waals surface area contributed by atoms with Gasteiger partial charge in [-0.2, -0.15) is 0 Å². The summed E-state index contributed by atoms with van der Waals surface area (Å²) in [7, 11) is 0. The summed E-state index contributed by atoms with van der Waals surface area (Å²) < 4.78 is 5.56. The van der Waals surface area contributed by atoms with Crippen molar-refractivity contribution < 1.29 is 19.4 Å². The zero-order valence-corrected chi connectivity index (χ0v) is 13.1. The number of hydrogen-bond donors (Lipinski definition) is 2. The molecule has 3 aliphatic rings. The Bertz CT molecular complexity index is 483. The van der Waals surface area contributed by atoms with Gasteiger partial charge in [0.25, 0.3) is 0 Å². The minimum absolute atomic E-state index is 0.139. The number of hydrogen-bond acceptors (Lipinski definition) is 4. The van der Waals surface area contributed by atoms with Crippen molar-refractivity contribution in [3.05, 3.63) is 12.2 Å². The summed E-state index contributed by atoms with van der Waals surface area (Å²) in [6.45, 7) is 6.29. The predicted molar refractivity (Wildman–Crippen MR) is 80.3 cm³/mol. The van der Waals surface area contributed by atoms with E-state index in [1.54, 1.807) is 6.08 Å². The van der Waals surface area contributed by atoms with Crippen LogP contribution in [0.4, 0.5) is 0 Å². The lowest BCUT2D eigenvalue weighted by atomic mass is 9.82. The van der Waals surface area contributed by atoms with Gasteiger partial charge in [-0.05, 0) is 26.7 Å². The lowest BCUT2D eigenvalue weighted by Crippen LogP contribution is -2.50. The number of nitrogens with zero attached hydrogens (tertiary/aromatic N) is 1. The van der Waals surface area contributed by atoms with Crippen LogP contribution in [-0.4, -0.2) is 59.3 Å². The van der Waals surface area contributed by atoms with Crippen molar-refractivity contribution in [1.82, 2.24) is 10.2 Å². The van der Waals surface area contributed by atoms with E-state index < -0.39 is 23.9 Å². The molecule has 2 saturated heterocycles. The van der Waals surface area contributed by atoms with Crippen LogP contribution in [0, 0.1) is 11.8 Å². The smallest absolute Gasteiger partial charge is 0.310 e. The largest absolute Gasteiger partial charge is 0.481 e. The highest BCUT2D eigenvalue weighted by atomic mass is 16.5. The first-order chi connectivity index (χ1) is 10.5. The minimum atomic E-state index is -0.952. The third-order valence-corrected chi connectivity index (χ3v) is 5.09. The van der Waals surface area contributed by atoms with E-state index in [9.17, 15) is 14.7 Å². The molecular weight excluding hydrogens is 284 g/mol. The lowest BCUT2D eigenvalue weighted by Gasteiger charge is -2.35. The van der Waals surface area contributed by atoms with Gasteiger partial charge in [0.15, 0.2) is 0 Å². The molecule has 2 N–H and O–H groups in total. The summed E-state index contributed by atoms with van der Waals surface area (Å²) in [5.41, 5.74) is 0. The molecule has 3 rings (SSSR count). The maximum absolute atomic E-state index is 12.5. The van der Waals surface area contributed by atoms with E-state index in [0.29, 0.717) is 6.04 Å². The van der Waals surface area contributed by atoms with Crippen LogP contribution in [0.2, 0.25) is 0 Å². The molecule has 6 nitrogen and oxygen atoms in total. The summed E-state index contributed by atoms with van der Waals surface area (Å²) in [5.74, 6) is -2.49. The van der Waals surface area contributed by atoms with Crippen LogP contribution in [0.15, 0.2) is 12.2 Å². The first-order valence-corrected chi connectivity index (χ1v) is 8.08. The average molecular weight is 308 g/mol. The molecule has 0 radical (unpaired) electrons. The number of carboxylic acid groups (broad SMARTS) is 1. The van der Waals surface area contributed by atoms with Crippen LogP contribution in [-0.2, 0) is 14.3 Å². The third-order valence-electron chi connectivity index (χ3n) is 5.09. The van der Waals surface area contributed by atoms with Crippen molar-refractivity contribution in [3.63, 3.8) is 0 Å². The fourth-order valence-corrected chi connectivity index (χ4v) is 3.77. The zero-order valence-electron chi connectivity index (χ0n) is 13.1. The molecule has 122 valence electrons. The van der Waals surface area contributed by atoms with Gasteiger partial charge in [-0.25, -0.2) is 0 Å². The molecule has 0 aliphatic carbocycles. The monoisotopic (exact) mass is 308 g/mol. The predicted octanol–water partition coefficient (Wildman–Crippen LogP) is 0.630. The highest BCUT2D eigenvalue weighted by Gasteiger charge is 2.53. The number of carbonyl (C=O) groups excluding carboxylic acids is 1. The Morgan fingerprint density at radius 1 is 1.18 bits per heavy atom. The molecule has 2 bridgehead atoms. The standard InChI is InChI=1S/C16H24N2O4/c1-9(2)18-7-5-10(6-8-18)17-15(19)13-11-3-4-12(22-11)14(13)16(20)21/h3-4,9-14H,5-8H2,1-2H3,(H,17,19)(H,20,21)/t11-,12-,13-,14+/m1/s1. The summed E-state index contributed by atoms with van der Waals surface area (Å²) in [4.78, 5) is 26.3. The van der Waals surface area contributed by atoms with Gasteiger partial charge in [-0.1, -0.05) is 12.2 Å². The number of piperidine rings is 1. The molecule has 22 heavy (non-hydrogen) atoms. The van der Waals surface area contributed by atoms with Gasteiger partial charge in [0.1, 0.15) is 5.92 Å². The molecule has 0 spiro atoms. The summed E-state index contributed by atoms with van der Waals surface area (Å²) >= 11 is 0. The molecule has 0 saturated carbocycles. The zero-order chi connectivity index (χ0) is 15.9. The Morgan fingerprint density at radius 3 is 2.32 bits per heavy atom. The Balaban J connectivity index is 1.58. The molecule has 0 aromatic heterocycles. The number of amides is 1. The molecule has 3 heterocycles. The highest BCUT2D eigenvalue weighted by molar-refractivity contribution is 5.87. The topological polar surface area (TPSA) is 78.9 Å². The lowest BCUT2D eigenvalue weighted by molar-refractivity contribution is -0.146. The number of carboxylic acids is 1. The second kappa shape index (κ2) is 6.01. The summed E-state index contributed by atoms with van der Waals surface area (Å²) in [5, 5.41) is 12.4. The highest BCUT2D eigenvalue weighted by Crippen LogP contribution is 2.39. The average Bonchev–Trinajstić information content (AvgIpc) is 3.08. The van der Waals surface area contributed by atoms with Crippen LogP contribution >= 0.6 is 0 Å². The van der Waals surface area contributed by atoms with Crippen molar-refractivity contribution in [3.8, 4) is 0 Å². The number of nitrogens with one attached hydrogen (secondary N) is 1. The van der Waals surface area contributed by atoms with Gasteiger partial charge in [-0.15, -0.1) is 0 Å². The van der Waals surface area contributed by atoms with E-state index >= 15 is 0 Å². The Labute approximate surface area is 130 Å². The molecule has 2 fully saturated rings. The number of ether oxygens (including phenoxy) is 1. The quantitative estimate of drug-likeness (QED) is 0.745. The molecule has 4 atom stereocenters. The van der Waals surface area contributed by atoms with Gasteiger partial charge in [0.05, 0.1) is 18.1 Å². The maximum Gasteiger partial charge on any atom is 0.310 e. The maximum atomic E-state index is 12.5. The van der Waals surface area contributed by atoms with Crippen molar-refractivity contribution >= 4 is 11.9 Å². The van der Waals surface area contributed by atoms with Crippen LogP contribution < -0.4 is 5.32 Å². The van der Waals surface area contributed by atoms with E-state index in [2.05, 4.69) is 24.1 Å². The second-order valence-electron chi connectivity index (χ2n) is 6.75. The van der Waals surface area contributed by atoms with E-state index in [4.69, 9.17) is 4.74 Å². The number of rotatable bonds is 4. The first-order valence-electron chi connectivity index (χ1n) is 8.08. The Hall–Kier alpha value is -1.40. The first kappa shape index (κ1) is 15.5. The van der Waals surface area contributed by atoms with Gasteiger partial charge in [0, 0.05) is 25.2 Å². The van der Waals surface area contributed by atoms with Crippen LogP contribution in [0.5, 0.6) is 0 Å². The van der Waals surface area contributed by atoms with Crippen LogP contribution in [0.25, 0.3) is 0 Å². The van der Waals surface area contributed by atoms with Crippen molar-refractivity contribution in [2.45, 2.75) is 51.0 Å².